The van der Waals surface area contributed by atoms with Gasteiger partial charge in [0, 0.05) is 24.7 Å². The fourth-order valence-electron chi connectivity index (χ4n) is 1.80. The summed E-state index contributed by atoms with van der Waals surface area (Å²) < 4.78 is 40.0. The van der Waals surface area contributed by atoms with E-state index >= 15 is 0 Å². The number of amides is 1. The molecule has 0 unspecified atom stereocenters. The summed E-state index contributed by atoms with van der Waals surface area (Å²) in [5.41, 5.74) is -0.288. The number of benzene rings is 1. The Morgan fingerprint density at radius 1 is 1.47 bits per heavy atom. The number of rotatable bonds is 2. The van der Waals surface area contributed by atoms with E-state index in [1.807, 2.05) is 0 Å². The Labute approximate surface area is 121 Å². The molecule has 1 amide bonds. The minimum atomic E-state index is -1.14. The molecule has 1 fully saturated rings. The van der Waals surface area contributed by atoms with Crippen LogP contribution in [0.4, 0.5) is 18.9 Å². The maximum Gasteiger partial charge on any atom is 0.258 e. The SMILES string of the molecule is O=C([C@@H]1C[C@@H](F)CN1)N(Cl)c1ccc(F)c(Br)c1F. The zero-order valence-electron chi connectivity index (χ0n) is 9.47. The highest BCUT2D eigenvalue weighted by molar-refractivity contribution is 9.10. The predicted molar refractivity (Wildman–Crippen MR) is 68.7 cm³/mol. The Morgan fingerprint density at radius 3 is 2.74 bits per heavy atom. The third-order valence-electron chi connectivity index (χ3n) is 2.80. The number of hydrogen-bond acceptors (Lipinski definition) is 2. The van der Waals surface area contributed by atoms with Crippen molar-refractivity contribution in [1.82, 2.24) is 5.32 Å². The summed E-state index contributed by atoms with van der Waals surface area (Å²) in [4.78, 5) is 11.9. The van der Waals surface area contributed by atoms with Crippen molar-refractivity contribution < 1.29 is 18.0 Å². The minimum absolute atomic E-state index is 0.0218. The van der Waals surface area contributed by atoms with Crippen molar-refractivity contribution >= 4 is 39.3 Å². The monoisotopic (exact) mass is 356 g/mol. The van der Waals surface area contributed by atoms with Gasteiger partial charge in [-0.15, -0.1) is 0 Å². The van der Waals surface area contributed by atoms with E-state index in [2.05, 4.69) is 21.2 Å². The molecule has 8 heteroatoms. The highest BCUT2D eigenvalue weighted by Crippen LogP contribution is 2.30. The van der Waals surface area contributed by atoms with Crippen LogP contribution in [0.2, 0.25) is 0 Å². The molecule has 3 nitrogen and oxygen atoms in total. The van der Waals surface area contributed by atoms with E-state index in [-0.39, 0.29) is 18.7 Å². The Hall–Kier alpha value is -0.790. The van der Waals surface area contributed by atoms with E-state index in [4.69, 9.17) is 11.8 Å². The lowest BCUT2D eigenvalue weighted by Gasteiger charge is -2.19. The second-order valence-electron chi connectivity index (χ2n) is 4.11. The molecule has 1 saturated heterocycles. The van der Waals surface area contributed by atoms with Crippen LogP contribution >= 0.6 is 27.7 Å². The quantitative estimate of drug-likeness (QED) is 0.652. The summed E-state index contributed by atoms with van der Waals surface area (Å²) in [6.45, 7) is 0.0523. The third-order valence-corrected chi connectivity index (χ3v) is 3.87. The van der Waals surface area contributed by atoms with Gasteiger partial charge < -0.3 is 5.32 Å². The molecule has 1 heterocycles. The molecule has 2 rings (SSSR count). The van der Waals surface area contributed by atoms with Gasteiger partial charge in [0.1, 0.15) is 12.0 Å². The lowest BCUT2D eigenvalue weighted by atomic mass is 10.2. The summed E-state index contributed by atoms with van der Waals surface area (Å²) >= 11 is 8.47. The van der Waals surface area contributed by atoms with Gasteiger partial charge >= 0.3 is 0 Å². The van der Waals surface area contributed by atoms with E-state index in [1.165, 1.54) is 0 Å². The highest BCUT2D eigenvalue weighted by Gasteiger charge is 2.33. The van der Waals surface area contributed by atoms with Gasteiger partial charge in [-0.3, -0.25) is 4.79 Å². The van der Waals surface area contributed by atoms with Gasteiger partial charge in [-0.1, -0.05) is 0 Å². The molecule has 2 atom stereocenters. The van der Waals surface area contributed by atoms with Gasteiger partial charge in [0.15, 0.2) is 5.82 Å². The lowest BCUT2D eigenvalue weighted by Crippen LogP contribution is -2.39. The van der Waals surface area contributed by atoms with Crippen molar-refractivity contribution in [3.05, 3.63) is 28.2 Å². The second kappa shape index (κ2) is 5.68. The fourth-order valence-corrected chi connectivity index (χ4v) is 2.39. The minimum Gasteiger partial charge on any atom is -0.303 e. The van der Waals surface area contributed by atoms with Gasteiger partial charge in [0.05, 0.1) is 16.2 Å². The van der Waals surface area contributed by atoms with Crippen molar-refractivity contribution in [3.8, 4) is 0 Å². The zero-order chi connectivity index (χ0) is 14.2. The van der Waals surface area contributed by atoms with Crippen molar-refractivity contribution in [3.63, 3.8) is 0 Å². The van der Waals surface area contributed by atoms with Gasteiger partial charge in [-0.05, 0) is 28.1 Å². The van der Waals surface area contributed by atoms with E-state index in [0.29, 0.717) is 4.42 Å². The zero-order valence-corrected chi connectivity index (χ0v) is 11.8. The third kappa shape index (κ3) is 2.88. The van der Waals surface area contributed by atoms with Crippen LogP contribution in [0.1, 0.15) is 6.42 Å². The topological polar surface area (TPSA) is 32.3 Å². The van der Waals surface area contributed by atoms with Crippen LogP contribution in [0.15, 0.2) is 16.6 Å². The standard InChI is InChI=1S/C11H9BrClF3N2O/c12-9-6(15)1-2-8(10(9)16)18(13)11(19)7-3-5(14)4-17-7/h1-2,5,7,17H,3-4H2/t5-,7+/m1/s1. The maximum atomic E-state index is 13.8. The molecule has 1 aliphatic rings. The number of halogens is 5. The summed E-state index contributed by atoms with van der Waals surface area (Å²) in [6, 6.07) is 1.21. The van der Waals surface area contributed by atoms with E-state index in [9.17, 15) is 18.0 Å². The lowest BCUT2D eigenvalue weighted by molar-refractivity contribution is -0.119. The Kier molecular flexibility index (Phi) is 4.37. The first-order valence-electron chi connectivity index (χ1n) is 5.42. The molecule has 0 radical (unpaired) electrons. The molecule has 0 aliphatic carbocycles. The van der Waals surface area contributed by atoms with Crippen LogP contribution < -0.4 is 9.74 Å². The molecular weight excluding hydrogens is 348 g/mol. The first kappa shape index (κ1) is 14.6. The van der Waals surface area contributed by atoms with Crippen LogP contribution in [-0.4, -0.2) is 24.7 Å². The smallest absolute Gasteiger partial charge is 0.258 e. The van der Waals surface area contributed by atoms with Gasteiger partial charge in [-0.2, -0.15) is 0 Å². The number of carbonyl (C=O) groups is 1. The van der Waals surface area contributed by atoms with Crippen LogP contribution in [0.3, 0.4) is 0 Å². The Balaban J connectivity index is 2.22. The predicted octanol–water partition coefficient (Wildman–Crippen LogP) is 2.91. The normalized spacial score (nSPS) is 22.6. The summed E-state index contributed by atoms with van der Waals surface area (Å²) in [7, 11) is 0. The molecule has 19 heavy (non-hydrogen) atoms. The number of hydrogen-bond donors (Lipinski definition) is 1. The van der Waals surface area contributed by atoms with Crippen LogP contribution in [-0.2, 0) is 4.79 Å². The molecule has 1 aromatic carbocycles. The van der Waals surface area contributed by atoms with Gasteiger partial charge in [0.2, 0.25) is 0 Å². The average Bonchev–Trinajstić information content (AvgIpc) is 2.81. The molecule has 0 bridgehead atoms. The molecule has 0 saturated carbocycles. The molecule has 1 aromatic rings. The van der Waals surface area contributed by atoms with E-state index in [0.717, 1.165) is 12.1 Å². The average molecular weight is 358 g/mol. The number of carbonyl (C=O) groups excluding carboxylic acids is 1. The molecule has 1 aliphatic heterocycles. The summed E-state index contributed by atoms with van der Waals surface area (Å²) in [5.74, 6) is -2.47. The Morgan fingerprint density at radius 2 is 2.16 bits per heavy atom. The van der Waals surface area contributed by atoms with Crippen LogP contribution in [0.5, 0.6) is 0 Å². The number of nitrogens with zero attached hydrogens (tertiary/aromatic N) is 1. The maximum absolute atomic E-state index is 13.8. The first-order valence-corrected chi connectivity index (χ1v) is 6.55. The van der Waals surface area contributed by atoms with Gasteiger partial charge in [-0.25, -0.2) is 17.6 Å². The molecule has 104 valence electrons. The van der Waals surface area contributed by atoms with Crippen molar-refractivity contribution in [1.29, 1.82) is 0 Å². The number of anilines is 1. The second-order valence-corrected chi connectivity index (χ2v) is 5.24. The van der Waals surface area contributed by atoms with Crippen LogP contribution in [0.25, 0.3) is 0 Å². The first-order chi connectivity index (χ1) is 8.91. The van der Waals surface area contributed by atoms with Crippen molar-refractivity contribution in [2.45, 2.75) is 18.6 Å². The van der Waals surface area contributed by atoms with E-state index < -0.39 is 34.2 Å². The van der Waals surface area contributed by atoms with Crippen molar-refractivity contribution in [2.75, 3.05) is 11.0 Å². The Bertz CT molecular complexity index is 517. The van der Waals surface area contributed by atoms with Crippen LogP contribution in [0, 0.1) is 11.6 Å². The molecular formula is C11H9BrClF3N2O. The molecule has 0 aromatic heterocycles. The number of alkyl halides is 1. The number of nitrogens with one attached hydrogen (secondary N) is 1. The largest absolute Gasteiger partial charge is 0.303 e. The summed E-state index contributed by atoms with van der Waals surface area (Å²) in [6.07, 6.45) is -1.16. The van der Waals surface area contributed by atoms with E-state index in [1.54, 1.807) is 0 Å². The highest BCUT2D eigenvalue weighted by atomic mass is 79.9. The van der Waals surface area contributed by atoms with Gasteiger partial charge in [0.25, 0.3) is 5.91 Å². The fraction of sp³-hybridized carbons (Fsp3) is 0.364. The molecule has 1 N–H and O–H groups in total. The summed E-state index contributed by atoms with van der Waals surface area (Å²) in [5, 5.41) is 2.64. The molecule has 0 spiro atoms. The van der Waals surface area contributed by atoms with Crippen molar-refractivity contribution in [2.24, 2.45) is 0 Å².